The molecule has 0 aromatic heterocycles. The van der Waals surface area contributed by atoms with E-state index < -0.39 is 15.6 Å². The standard InChI is InChI=1S/C4H8O2.CHF3O3S/c1-3-6-4(2)5;2-1(3,4)8(5,6)7/h3H2,1-2H3;(H,5,6,7). The molecule has 0 amide bonds. The lowest BCUT2D eigenvalue weighted by Gasteiger charge is -1.97. The first-order chi connectivity index (χ1) is 6.02. The van der Waals surface area contributed by atoms with Crippen molar-refractivity contribution in [2.24, 2.45) is 0 Å². The molecule has 0 aliphatic heterocycles. The van der Waals surface area contributed by atoms with E-state index in [4.69, 9.17) is 13.0 Å². The van der Waals surface area contributed by atoms with Crippen LogP contribution in [0.4, 0.5) is 13.2 Å². The van der Waals surface area contributed by atoms with Crippen LogP contribution < -0.4 is 0 Å². The minimum atomic E-state index is -5.84. The Morgan fingerprint density at radius 3 is 1.71 bits per heavy atom. The van der Waals surface area contributed by atoms with Crippen LogP contribution in [0.15, 0.2) is 0 Å². The van der Waals surface area contributed by atoms with Crippen molar-refractivity contribution in [3.05, 3.63) is 0 Å². The van der Waals surface area contributed by atoms with Crippen molar-refractivity contribution in [2.75, 3.05) is 6.61 Å². The monoisotopic (exact) mass is 238 g/mol. The van der Waals surface area contributed by atoms with Gasteiger partial charge in [0.15, 0.2) is 0 Å². The highest BCUT2D eigenvalue weighted by Gasteiger charge is 2.44. The van der Waals surface area contributed by atoms with Crippen LogP contribution in [-0.4, -0.2) is 31.1 Å². The van der Waals surface area contributed by atoms with Gasteiger partial charge in [-0.1, -0.05) is 0 Å². The highest BCUT2D eigenvalue weighted by atomic mass is 32.2. The van der Waals surface area contributed by atoms with E-state index in [0.717, 1.165) is 0 Å². The molecule has 0 aliphatic rings. The van der Waals surface area contributed by atoms with Gasteiger partial charge >= 0.3 is 21.6 Å². The number of carbonyl (C=O) groups is 1. The molecular weight excluding hydrogens is 229 g/mol. The summed E-state index contributed by atoms with van der Waals surface area (Å²) in [5, 5.41) is 0. The van der Waals surface area contributed by atoms with Gasteiger partial charge in [-0.25, -0.2) is 0 Å². The Morgan fingerprint density at radius 1 is 1.43 bits per heavy atom. The molecular formula is C5H9F3O5S. The molecule has 86 valence electrons. The third-order valence-corrected chi connectivity index (χ3v) is 1.23. The van der Waals surface area contributed by atoms with Gasteiger partial charge in [0.25, 0.3) is 0 Å². The molecule has 0 unspecified atom stereocenters. The van der Waals surface area contributed by atoms with Gasteiger partial charge in [0.2, 0.25) is 0 Å². The largest absolute Gasteiger partial charge is 0.522 e. The van der Waals surface area contributed by atoms with Crippen molar-refractivity contribution in [1.29, 1.82) is 0 Å². The molecule has 0 radical (unpaired) electrons. The van der Waals surface area contributed by atoms with Crippen LogP contribution in [0.25, 0.3) is 0 Å². The molecule has 0 fully saturated rings. The van der Waals surface area contributed by atoms with E-state index in [-0.39, 0.29) is 5.97 Å². The second-order valence-corrected chi connectivity index (χ2v) is 3.26. The predicted molar refractivity (Wildman–Crippen MR) is 39.9 cm³/mol. The van der Waals surface area contributed by atoms with Crippen LogP contribution in [0.1, 0.15) is 13.8 Å². The van der Waals surface area contributed by atoms with Crippen LogP contribution >= 0.6 is 0 Å². The Morgan fingerprint density at radius 2 is 1.71 bits per heavy atom. The van der Waals surface area contributed by atoms with Gasteiger partial charge in [0, 0.05) is 6.92 Å². The highest BCUT2D eigenvalue weighted by molar-refractivity contribution is 7.86. The summed E-state index contributed by atoms with van der Waals surface area (Å²) in [5.41, 5.74) is -5.53. The lowest BCUT2D eigenvalue weighted by Crippen LogP contribution is -2.21. The van der Waals surface area contributed by atoms with E-state index in [2.05, 4.69) is 4.74 Å². The maximum Gasteiger partial charge on any atom is 0.522 e. The molecule has 5 nitrogen and oxygen atoms in total. The third-order valence-electron chi connectivity index (χ3n) is 0.640. The summed E-state index contributed by atoms with van der Waals surface area (Å²) >= 11 is 0. The molecule has 0 rings (SSSR count). The Hall–Kier alpha value is -0.830. The van der Waals surface area contributed by atoms with Gasteiger partial charge in [-0.2, -0.15) is 21.6 Å². The van der Waals surface area contributed by atoms with Crippen LogP contribution in [-0.2, 0) is 19.6 Å². The van der Waals surface area contributed by atoms with Gasteiger partial charge in [0.1, 0.15) is 0 Å². The molecule has 14 heavy (non-hydrogen) atoms. The first-order valence-corrected chi connectivity index (χ1v) is 4.63. The lowest BCUT2D eigenvalue weighted by molar-refractivity contribution is -0.140. The van der Waals surface area contributed by atoms with E-state index in [9.17, 15) is 18.0 Å². The molecule has 0 spiro atoms. The fourth-order valence-corrected chi connectivity index (χ4v) is 0.203. The molecule has 0 heterocycles. The zero-order chi connectivity index (χ0) is 12.0. The van der Waals surface area contributed by atoms with Crippen molar-refractivity contribution in [2.45, 2.75) is 19.4 Å². The summed E-state index contributed by atoms with van der Waals surface area (Å²) < 4.78 is 61.9. The van der Waals surface area contributed by atoms with Crippen molar-refractivity contribution < 1.29 is 35.7 Å². The first-order valence-electron chi connectivity index (χ1n) is 3.19. The molecule has 0 aromatic carbocycles. The molecule has 1 N–H and O–H groups in total. The zero-order valence-corrected chi connectivity index (χ0v) is 8.15. The number of halogens is 3. The maximum absolute atomic E-state index is 10.7. The van der Waals surface area contributed by atoms with E-state index in [1.54, 1.807) is 6.92 Å². The molecule has 0 atom stereocenters. The van der Waals surface area contributed by atoms with Crippen LogP contribution in [0.2, 0.25) is 0 Å². The van der Waals surface area contributed by atoms with Crippen molar-refractivity contribution in [1.82, 2.24) is 0 Å². The summed E-state index contributed by atoms with van der Waals surface area (Å²) in [6.07, 6.45) is 0. The number of hydrogen-bond donors (Lipinski definition) is 1. The Kier molecular flexibility index (Phi) is 6.48. The van der Waals surface area contributed by atoms with Crippen molar-refractivity contribution in [3.8, 4) is 0 Å². The SMILES string of the molecule is CCOC(C)=O.O=S(=O)(O)C(F)(F)F. The van der Waals surface area contributed by atoms with Gasteiger partial charge in [-0.3, -0.25) is 9.35 Å². The quantitative estimate of drug-likeness (QED) is 0.418. The summed E-state index contributed by atoms with van der Waals surface area (Å²) in [5.74, 6) is -0.211. The Labute approximate surface area is 78.6 Å². The van der Waals surface area contributed by atoms with Gasteiger partial charge in [0.05, 0.1) is 6.61 Å². The summed E-state index contributed by atoms with van der Waals surface area (Å²) in [6.45, 7) is 3.65. The molecule has 0 saturated heterocycles. The van der Waals surface area contributed by atoms with Crippen LogP contribution in [0.5, 0.6) is 0 Å². The topological polar surface area (TPSA) is 80.7 Å². The Balaban J connectivity index is 0. The summed E-state index contributed by atoms with van der Waals surface area (Å²) in [7, 11) is -5.84. The number of rotatable bonds is 1. The summed E-state index contributed by atoms with van der Waals surface area (Å²) in [4.78, 5) is 9.82. The van der Waals surface area contributed by atoms with E-state index in [1.165, 1.54) is 6.92 Å². The number of ether oxygens (including phenoxy) is 1. The van der Waals surface area contributed by atoms with Gasteiger partial charge < -0.3 is 4.74 Å². The molecule has 0 aromatic rings. The fourth-order valence-electron chi connectivity index (χ4n) is 0.203. The number of esters is 1. The average molecular weight is 238 g/mol. The Bertz CT molecular complexity index is 268. The van der Waals surface area contributed by atoms with E-state index in [1.807, 2.05) is 0 Å². The molecule has 0 aliphatic carbocycles. The second-order valence-electron chi connectivity index (χ2n) is 1.85. The molecule has 0 bridgehead atoms. The number of carbonyl (C=O) groups excluding carboxylic acids is 1. The highest BCUT2D eigenvalue weighted by Crippen LogP contribution is 2.20. The van der Waals surface area contributed by atoms with Crippen molar-refractivity contribution in [3.63, 3.8) is 0 Å². The van der Waals surface area contributed by atoms with E-state index in [0.29, 0.717) is 6.61 Å². The molecule has 0 saturated carbocycles. The first kappa shape index (κ1) is 15.6. The van der Waals surface area contributed by atoms with Gasteiger partial charge in [-0.15, -0.1) is 0 Å². The minimum absolute atomic E-state index is 0.211. The zero-order valence-electron chi connectivity index (χ0n) is 7.33. The van der Waals surface area contributed by atoms with Gasteiger partial charge in [-0.05, 0) is 6.92 Å². The molecule has 9 heteroatoms. The average Bonchev–Trinajstić information content (AvgIpc) is 1.82. The third kappa shape index (κ3) is 9.26. The maximum atomic E-state index is 10.7. The minimum Gasteiger partial charge on any atom is -0.466 e. The fraction of sp³-hybridized carbons (Fsp3) is 0.800. The van der Waals surface area contributed by atoms with E-state index >= 15 is 0 Å². The summed E-state index contributed by atoms with van der Waals surface area (Å²) in [6, 6.07) is 0. The van der Waals surface area contributed by atoms with Crippen LogP contribution in [0.3, 0.4) is 0 Å². The predicted octanol–water partition coefficient (Wildman–Crippen LogP) is 0.963. The number of alkyl halides is 3. The van der Waals surface area contributed by atoms with Crippen LogP contribution in [0, 0.1) is 0 Å². The smallest absolute Gasteiger partial charge is 0.466 e. The normalized spacial score (nSPS) is 11.3. The van der Waals surface area contributed by atoms with Crippen molar-refractivity contribution >= 4 is 16.1 Å². The second kappa shape index (κ2) is 5.81. The number of hydrogen-bond acceptors (Lipinski definition) is 4. The lowest BCUT2D eigenvalue weighted by atomic mass is 10.8.